The largest absolute Gasteiger partial charge is 0.486 e. The van der Waals surface area contributed by atoms with Gasteiger partial charge in [-0.3, -0.25) is 9.59 Å². The molecule has 0 bridgehead atoms. The summed E-state index contributed by atoms with van der Waals surface area (Å²) in [6, 6.07) is 3.57. The van der Waals surface area contributed by atoms with Gasteiger partial charge in [-0.15, -0.1) is 0 Å². The molecule has 1 aromatic carbocycles. The molecule has 1 unspecified atom stereocenters. The zero-order valence-electron chi connectivity index (χ0n) is 13.8. The van der Waals surface area contributed by atoms with E-state index in [1.165, 1.54) is 6.92 Å². The van der Waals surface area contributed by atoms with E-state index in [2.05, 4.69) is 10.6 Å². The van der Waals surface area contributed by atoms with Crippen LogP contribution in [0.2, 0.25) is 0 Å². The minimum absolute atomic E-state index is 0.171. The minimum atomic E-state index is -0.422. The number of rotatable bonds is 4. The Bertz CT molecular complexity index is 641. The molecule has 1 saturated heterocycles. The molecule has 7 nitrogen and oxygen atoms in total. The quantitative estimate of drug-likeness (QED) is 0.762. The Balaban J connectivity index is 2.02. The maximum Gasteiger partial charge on any atom is 0.225 e. The lowest BCUT2D eigenvalue weighted by Gasteiger charge is -2.32. The predicted octanol–water partition coefficient (Wildman–Crippen LogP) is 0.985. The van der Waals surface area contributed by atoms with Crippen LogP contribution in [-0.2, 0) is 9.59 Å². The normalized spacial score (nSPS) is 18.7. The number of benzene rings is 1. The van der Waals surface area contributed by atoms with Gasteiger partial charge in [0.1, 0.15) is 13.2 Å². The summed E-state index contributed by atoms with van der Waals surface area (Å²) in [7, 11) is 0. The number of nitrogens with one attached hydrogen (secondary N) is 2. The Morgan fingerprint density at radius 2 is 1.88 bits per heavy atom. The van der Waals surface area contributed by atoms with E-state index < -0.39 is 5.92 Å². The van der Waals surface area contributed by atoms with Gasteiger partial charge in [0.05, 0.1) is 11.6 Å². The Hall–Kier alpha value is -2.28. The fourth-order valence-corrected chi connectivity index (χ4v) is 3.51. The molecule has 0 radical (unpaired) electrons. The van der Waals surface area contributed by atoms with Crippen LogP contribution < -0.4 is 25.8 Å². The van der Waals surface area contributed by atoms with Crippen molar-refractivity contribution in [3.63, 3.8) is 0 Å². The summed E-state index contributed by atoms with van der Waals surface area (Å²) < 4.78 is 11.5. The minimum Gasteiger partial charge on any atom is -0.486 e. The molecule has 0 aliphatic carbocycles. The highest BCUT2D eigenvalue weighted by Crippen LogP contribution is 2.46. The van der Waals surface area contributed by atoms with Gasteiger partial charge in [-0.2, -0.15) is 0 Å². The van der Waals surface area contributed by atoms with Crippen LogP contribution in [0.15, 0.2) is 12.1 Å². The number of fused-ring (bicyclic) bond motifs is 1. The highest BCUT2D eigenvalue weighted by atomic mass is 16.6. The molecule has 0 aromatic heterocycles. The van der Waals surface area contributed by atoms with Crippen LogP contribution in [-0.4, -0.2) is 38.1 Å². The first-order valence-electron chi connectivity index (χ1n) is 8.28. The summed E-state index contributed by atoms with van der Waals surface area (Å²) in [5.74, 6) is 0.206. The molecule has 3 rings (SSSR count). The van der Waals surface area contributed by atoms with Crippen LogP contribution >= 0.6 is 0 Å². The summed E-state index contributed by atoms with van der Waals surface area (Å²) in [6.07, 6.45) is 1.77. The monoisotopic (exact) mass is 333 g/mol. The van der Waals surface area contributed by atoms with Crippen molar-refractivity contribution in [1.82, 2.24) is 5.32 Å². The molecule has 4 N–H and O–H groups in total. The van der Waals surface area contributed by atoms with Gasteiger partial charge in [-0.1, -0.05) is 6.07 Å². The number of nitrogens with two attached hydrogens (primary N) is 1. The number of primary amides is 1. The number of amides is 2. The summed E-state index contributed by atoms with van der Waals surface area (Å²) in [5, 5.41) is 6.04. The number of carbonyl (C=O) groups excluding carboxylic acids is 2. The molecule has 2 aliphatic heterocycles. The van der Waals surface area contributed by atoms with Gasteiger partial charge in [0.2, 0.25) is 11.8 Å². The number of anilines is 1. The standard InChI is InChI=1S/C17H23N3O4/c1-10(21)20-13-3-2-12(15-16(13)24-9-8-23-15)14(17(18)22)11-4-6-19-7-5-11/h2-3,11,14,19H,4-9H2,1H3,(H2,18,22)(H,20,21). The zero-order chi connectivity index (χ0) is 17.1. The second-order valence-electron chi connectivity index (χ2n) is 6.21. The van der Waals surface area contributed by atoms with Crippen LogP contribution in [0, 0.1) is 5.92 Å². The molecular formula is C17H23N3O4. The van der Waals surface area contributed by atoms with Crippen LogP contribution in [0.25, 0.3) is 0 Å². The lowest BCUT2D eigenvalue weighted by Crippen LogP contribution is -2.36. The molecule has 1 fully saturated rings. The molecular weight excluding hydrogens is 310 g/mol. The van der Waals surface area contributed by atoms with Crippen molar-refractivity contribution in [2.75, 3.05) is 31.6 Å². The molecule has 2 heterocycles. The van der Waals surface area contributed by atoms with Crippen LogP contribution in [0.3, 0.4) is 0 Å². The van der Waals surface area contributed by atoms with E-state index >= 15 is 0 Å². The third kappa shape index (κ3) is 3.31. The molecule has 2 aliphatic rings. The predicted molar refractivity (Wildman–Crippen MR) is 89.3 cm³/mol. The van der Waals surface area contributed by atoms with Gasteiger partial charge < -0.3 is 25.8 Å². The van der Waals surface area contributed by atoms with Crippen molar-refractivity contribution in [2.24, 2.45) is 11.7 Å². The van der Waals surface area contributed by atoms with Gasteiger partial charge >= 0.3 is 0 Å². The first-order chi connectivity index (χ1) is 11.6. The SMILES string of the molecule is CC(=O)Nc1ccc(C(C(N)=O)C2CCNCC2)c2c1OCCO2. The fraction of sp³-hybridized carbons (Fsp3) is 0.529. The van der Waals surface area contributed by atoms with Crippen molar-refractivity contribution in [3.05, 3.63) is 17.7 Å². The smallest absolute Gasteiger partial charge is 0.225 e. The zero-order valence-corrected chi connectivity index (χ0v) is 13.8. The van der Waals surface area contributed by atoms with Crippen LogP contribution in [0.1, 0.15) is 31.2 Å². The van der Waals surface area contributed by atoms with E-state index in [0.29, 0.717) is 30.4 Å². The highest BCUT2D eigenvalue weighted by molar-refractivity contribution is 5.92. The number of ether oxygens (including phenoxy) is 2. The van der Waals surface area contributed by atoms with Crippen molar-refractivity contribution in [3.8, 4) is 11.5 Å². The molecule has 1 atom stereocenters. The number of carbonyl (C=O) groups is 2. The summed E-state index contributed by atoms with van der Waals surface area (Å²) in [6.45, 7) is 3.99. The summed E-state index contributed by atoms with van der Waals surface area (Å²) in [5.41, 5.74) is 7.02. The number of hydrogen-bond donors (Lipinski definition) is 3. The van der Waals surface area contributed by atoms with E-state index in [4.69, 9.17) is 15.2 Å². The Morgan fingerprint density at radius 3 is 2.50 bits per heavy atom. The third-order valence-electron chi connectivity index (χ3n) is 4.53. The molecule has 24 heavy (non-hydrogen) atoms. The van der Waals surface area contributed by atoms with Gasteiger partial charge in [0.15, 0.2) is 11.5 Å². The van der Waals surface area contributed by atoms with E-state index in [9.17, 15) is 9.59 Å². The number of hydrogen-bond acceptors (Lipinski definition) is 5. The topological polar surface area (TPSA) is 103 Å². The molecule has 0 spiro atoms. The van der Waals surface area contributed by atoms with E-state index in [0.717, 1.165) is 31.5 Å². The first kappa shape index (κ1) is 16.6. The van der Waals surface area contributed by atoms with E-state index in [-0.39, 0.29) is 17.7 Å². The second-order valence-corrected chi connectivity index (χ2v) is 6.21. The average Bonchev–Trinajstić information content (AvgIpc) is 2.57. The highest BCUT2D eigenvalue weighted by Gasteiger charge is 2.34. The Morgan fingerprint density at radius 1 is 1.21 bits per heavy atom. The molecule has 2 amide bonds. The van der Waals surface area contributed by atoms with Gasteiger partial charge in [-0.25, -0.2) is 0 Å². The summed E-state index contributed by atoms with van der Waals surface area (Å²) in [4.78, 5) is 23.6. The van der Waals surface area contributed by atoms with Crippen LogP contribution in [0.4, 0.5) is 5.69 Å². The maximum atomic E-state index is 12.2. The Kier molecular flexibility index (Phi) is 4.89. The molecule has 7 heteroatoms. The lowest BCUT2D eigenvalue weighted by atomic mass is 9.79. The number of piperidine rings is 1. The van der Waals surface area contributed by atoms with Gasteiger partial charge in [0, 0.05) is 12.5 Å². The molecule has 1 aromatic rings. The van der Waals surface area contributed by atoms with Crippen molar-refractivity contribution >= 4 is 17.5 Å². The van der Waals surface area contributed by atoms with Crippen molar-refractivity contribution < 1.29 is 19.1 Å². The molecule has 0 saturated carbocycles. The van der Waals surface area contributed by atoms with Gasteiger partial charge in [-0.05, 0) is 37.9 Å². The Labute approximate surface area is 140 Å². The van der Waals surface area contributed by atoms with E-state index in [1.54, 1.807) is 6.07 Å². The lowest BCUT2D eigenvalue weighted by molar-refractivity contribution is -0.121. The third-order valence-corrected chi connectivity index (χ3v) is 4.53. The van der Waals surface area contributed by atoms with Crippen molar-refractivity contribution in [1.29, 1.82) is 0 Å². The maximum absolute atomic E-state index is 12.2. The first-order valence-corrected chi connectivity index (χ1v) is 8.28. The molecule has 130 valence electrons. The summed E-state index contributed by atoms with van der Waals surface area (Å²) >= 11 is 0. The fourth-order valence-electron chi connectivity index (χ4n) is 3.51. The van der Waals surface area contributed by atoms with Crippen molar-refractivity contribution in [2.45, 2.75) is 25.7 Å². The van der Waals surface area contributed by atoms with E-state index in [1.807, 2.05) is 6.07 Å². The average molecular weight is 333 g/mol. The van der Waals surface area contributed by atoms with Crippen LogP contribution in [0.5, 0.6) is 11.5 Å². The van der Waals surface area contributed by atoms with Gasteiger partial charge in [0.25, 0.3) is 0 Å². The second kappa shape index (κ2) is 7.09.